The molecular weight excluding hydrogens is 1580 g/mol. The highest BCUT2D eigenvalue weighted by molar-refractivity contribution is 5.33. The number of nitrogens with zero attached hydrogens (tertiary/aromatic N) is 1. The Bertz CT molecular complexity index is 5260. The van der Waals surface area contributed by atoms with Crippen molar-refractivity contribution in [1.82, 2.24) is 26.2 Å². The van der Waals surface area contributed by atoms with E-state index in [0.717, 1.165) is 155 Å². The van der Waals surface area contributed by atoms with Crippen LogP contribution in [0.4, 0.5) is 0 Å². The molecule has 10 heteroatoms. The third kappa shape index (κ3) is 38.7. The number of nitrogens with one attached hydrogen (secondary N) is 4. The summed E-state index contributed by atoms with van der Waals surface area (Å²) in [6.45, 7) is 10.9. The standard InChI is InChI=1S/5C24H28N2/c25-19-23-12-7-13-24(18-23)20-26(16-14-21-8-3-1-4-9-21)17-15-22-10-5-2-6-11-22;1-3-8-21(9-4-1)14-16-25-19-23-12-7-13-24(18-23)20-26-17-15-22-10-5-2-6-11-22;25-23(16-14-19-8-3-1-4-9-19)21-12-7-13-22(18-21)24(26)17-15-20-10-5-2-6-11-20;25-24(15-14-20-8-3-1-4-9-20)23-13-7-12-22(18-23)19-26-17-16-21-10-5-2-6-11-21;25-19-22-12-7-13-23(18-22)24(15-14-20-8-3-1-4-9-20)26-17-16-21-10-5-2-6-11-21/h1-13,18H,14-17,19-20,25H2;1-13,18,25-26H,14-17,19-20H2;1-13,18,23-24H,14-17,25-26H2;2*1-13,18,24,26H,14-17,19,25H2. The van der Waals surface area contributed by atoms with Crippen LogP contribution in [0.25, 0.3) is 0 Å². The lowest BCUT2D eigenvalue weighted by molar-refractivity contribution is 0.272. The molecule has 0 radical (unpaired) electrons. The van der Waals surface area contributed by atoms with Gasteiger partial charge in [0.1, 0.15) is 0 Å². The van der Waals surface area contributed by atoms with Gasteiger partial charge >= 0.3 is 0 Å². The van der Waals surface area contributed by atoms with Gasteiger partial charge in [-0.2, -0.15) is 0 Å². The van der Waals surface area contributed by atoms with Crippen molar-refractivity contribution in [2.75, 3.05) is 39.3 Å². The first-order chi connectivity index (χ1) is 64.1. The Morgan fingerprint density at radius 1 is 0.200 bits per heavy atom. The summed E-state index contributed by atoms with van der Waals surface area (Å²) in [5.41, 5.74) is 57.3. The van der Waals surface area contributed by atoms with E-state index in [0.29, 0.717) is 19.1 Å². The zero-order valence-electron chi connectivity index (χ0n) is 76.4. The minimum absolute atomic E-state index is 0.0384. The monoisotopic (exact) mass is 1720 g/mol. The quantitative estimate of drug-likeness (QED) is 0.0167. The van der Waals surface area contributed by atoms with Gasteiger partial charge in [-0.15, -0.1) is 0 Å². The number of aryl methyl sites for hydroxylation is 4. The molecule has 0 spiro atoms. The Morgan fingerprint density at radius 3 is 0.769 bits per heavy atom. The number of nitrogens with two attached hydrogens (primary N) is 5. The van der Waals surface area contributed by atoms with E-state index >= 15 is 0 Å². The highest BCUT2D eigenvalue weighted by atomic mass is 15.1. The Hall–Kier alpha value is -12.1. The van der Waals surface area contributed by atoms with Crippen LogP contribution in [0, 0.1) is 0 Å². The second-order valence-corrected chi connectivity index (χ2v) is 33.9. The molecule has 0 aliphatic heterocycles. The van der Waals surface area contributed by atoms with Gasteiger partial charge in [-0.05, 0) is 227 Å². The first kappa shape index (κ1) is 98.5. The molecule has 0 bridgehead atoms. The highest BCUT2D eigenvalue weighted by Crippen LogP contribution is 2.26. The maximum atomic E-state index is 6.44. The van der Waals surface area contributed by atoms with Crippen molar-refractivity contribution < 1.29 is 0 Å². The second kappa shape index (κ2) is 59.2. The molecule has 4 atom stereocenters. The average Bonchev–Trinajstić information content (AvgIpc) is 0.859. The lowest BCUT2D eigenvalue weighted by Crippen LogP contribution is -2.28. The van der Waals surface area contributed by atoms with E-state index in [9.17, 15) is 0 Å². The van der Waals surface area contributed by atoms with E-state index in [2.05, 4.69) is 439 Å². The van der Waals surface area contributed by atoms with Gasteiger partial charge in [0.15, 0.2) is 0 Å². The summed E-state index contributed by atoms with van der Waals surface area (Å²) < 4.78 is 0. The number of benzene rings is 15. The Labute approximate surface area is 778 Å². The van der Waals surface area contributed by atoms with Gasteiger partial charge in [-0.3, -0.25) is 4.90 Å². The van der Waals surface area contributed by atoms with Crippen molar-refractivity contribution in [3.05, 3.63) is 536 Å². The topological polar surface area (TPSA) is 181 Å². The molecule has 15 rings (SSSR count). The van der Waals surface area contributed by atoms with Crippen LogP contribution in [0.2, 0.25) is 0 Å². The van der Waals surface area contributed by atoms with Gasteiger partial charge in [0.2, 0.25) is 0 Å². The van der Waals surface area contributed by atoms with Crippen molar-refractivity contribution in [3.8, 4) is 0 Å². The molecule has 0 aliphatic rings. The van der Waals surface area contributed by atoms with Crippen molar-refractivity contribution >= 4 is 0 Å². The van der Waals surface area contributed by atoms with Crippen molar-refractivity contribution in [3.63, 3.8) is 0 Å². The number of rotatable bonds is 45. The number of hydrogen-bond donors (Lipinski definition) is 9. The second-order valence-electron chi connectivity index (χ2n) is 33.9. The zero-order chi connectivity index (χ0) is 90.1. The van der Waals surface area contributed by atoms with E-state index < -0.39 is 0 Å². The third-order valence-corrected chi connectivity index (χ3v) is 23.7. The Balaban J connectivity index is 0.000000157. The van der Waals surface area contributed by atoms with Gasteiger partial charge in [0, 0.05) is 76.5 Å². The first-order valence-electron chi connectivity index (χ1n) is 47.2. The third-order valence-electron chi connectivity index (χ3n) is 23.7. The maximum Gasteiger partial charge on any atom is 0.0323 e. The molecule has 0 heterocycles. The van der Waals surface area contributed by atoms with E-state index in [-0.39, 0.29) is 18.1 Å². The molecule has 130 heavy (non-hydrogen) atoms. The first-order valence-corrected chi connectivity index (χ1v) is 47.2. The van der Waals surface area contributed by atoms with Crippen LogP contribution in [0.5, 0.6) is 0 Å². The number of hydrogen-bond acceptors (Lipinski definition) is 10. The van der Waals surface area contributed by atoms with Crippen LogP contribution >= 0.6 is 0 Å². The van der Waals surface area contributed by atoms with Gasteiger partial charge in [0.05, 0.1) is 0 Å². The Kier molecular flexibility index (Phi) is 44.8. The van der Waals surface area contributed by atoms with Crippen LogP contribution in [-0.4, -0.2) is 44.2 Å². The average molecular weight is 1720 g/mol. The van der Waals surface area contributed by atoms with E-state index in [1.807, 2.05) is 12.1 Å². The minimum atomic E-state index is 0.0384. The fraction of sp³-hybridized carbons (Fsp3) is 0.250. The van der Waals surface area contributed by atoms with Gasteiger partial charge in [-0.25, -0.2) is 0 Å². The molecule has 0 aromatic heterocycles. The summed E-state index contributed by atoms with van der Waals surface area (Å²) in [7, 11) is 0. The molecule has 0 fully saturated rings. The van der Waals surface area contributed by atoms with Crippen molar-refractivity contribution in [1.29, 1.82) is 0 Å². The Morgan fingerprint density at radius 2 is 0.431 bits per heavy atom. The lowest BCUT2D eigenvalue weighted by Gasteiger charge is -2.23. The summed E-state index contributed by atoms with van der Waals surface area (Å²) in [5, 5.41) is 14.4. The summed E-state index contributed by atoms with van der Waals surface area (Å²) in [4.78, 5) is 2.55. The van der Waals surface area contributed by atoms with Gasteiger partial charge in [0.25, 0.3) is 0 Å². The molecule has 4 unspecified atom stereocenters. The zero-order valence-corrected chi connectivity index (χ0v) is 76.4. The van der Waals surface area contributed by atoms with Crippen LogP contribution in [0.1, 0.15) is 161 Å². The van der Waals surface area contributed by atoms with Gasteiger partial charge in [-0.1, -0.05) is 425 Å². The molecule has 0 saturated carbocycles. The molecule has 10 nitrogen and oxygen atoms in total. The van der Waals surface area contributed by atoms with Crippen LogP contribution in [-0.2, 0) is 103 Å². The molecule has 0 saturated heterocycles. The summed E-state index contributed by atoms with van der Waals surface area (Å²) >= 11 is 0. The normalized spacial score (nSPS) is 11.8. The lowest BCUT2D eigenvalue weighted by atomic mass is 9.94. The van der Waals surface area contributed by atoms with E-state index in [1.165, 1.54) is 111 Å². The molecule has 15 aromatic carbocycles. The van der Waals surface area contributed by atoms with Crippen LogP contribution in [0.3, 0.4) is 0 Å². The predicted molar refractivity (Wildman–Crippen MR) is 550 cm³/mol. The van der Waals surface area contributed by atoms with Crippen molar-refractivity contribution in [2.24, 2.45) is 28.7 Å². The molecule has 0 aliphatic carbocycles. The fourth-order valence-electron chi connectivity index (χ4n) is 16.1. The van der Waals surface area contributed by atoms with Crippen LogP contribution < -0.4 is 49.9 Å². The van der Waals surface area contributed by atoms with Crippen molar-refractivity contribution in [2.45, 2.75) is 153 Å². The summed E-state index contributed by atoms with van der Waals surface area (Å²) in [5.74, 6) is 0. The molecule has 15 aromatic rings. The smallest absolute Gasteiger partial charge is 0.0323 e. The summed E-state index contributed by atoms with van der Waals surface area (Å²) in [6.07, 6.45) is 14.4. The predicted octanol–water partition coefficient (Wildman–Crippen LogP) is 23.0. The highest BCUT2D eigenvalue weighted by Gasteiger charge is 2.16. The SMILES string of the molecule is NC(CCc1ccccc1)c1cccc(C(N)CCc2ccccc2)c1.NC(CCc1ccccc1)c1cccc(CNCCc2ccccc2)c1.NCc1cccc(C(CCc2ccccc2)NCCc2ccccc2)c1.NCc1cccc(CN(CCc2ccccc2)CCc2ccccc2)c1.c1ccc(CCNCc2cccc(CNCCc3ccccc3)c2)cc1. The largest absolute Gasteiger partial charge is 0.326 e. The summed E-state index contributed by atoms with van der Waals surface area (Å²) in [6, 6.07) is 150. The maximum absolute atomic E-state index is 6.44. The van der Waals surface area contributed by atoms with E-state index in [4.69, 9.17) is 28.7 Å². The van der Waals surface area contributed by atoms with Gasteiger partial charge < -0.3 is 49.9 Å². The molecule has 670 valence electrons. The minimum Gasteiger partial charge on any atom is -0.326 e. The molecule has 0 amide bonds. The molecular formula is C120H140N10. The molecule has 14 N–H and O–H groups in total. The van der Waals surface area contributed by atoms with Crippen LogP contribution in [0.15, 0.2) is 425 Å². The van der Waals surface area contributed by atoms with E-state index in [1.54, 1.807) is 0 Å². The fourth-order valence-corrected chi connectivity index (χ4v) is 16.1.